The molecule has 3 aromatic rings. The molecule has 0 spiro atoms. The van der Waals surface area contributed by atoms with Gasteiger partial charge in [0.15, 0.2) is 0 Å². The molecule has 2 aromatic carbocycles. The molecule has 1 aromatic heterocycles. The van der Waals surface area contributed by atoms with E-state index in [0.29, 0.717) is 5.56 Å². The Hall–Kier alpha value is -2.28. The number of aryl methyl sites for hydroxylation is 1. The third-order valence-electron chi connectivity index (χ3n) is 5.55. The van der Waals surface area contributed by atoms with Gasteiger partial charge in [-0.05, 0) is 36.2 Å². The zero-order valence-corrected chi connectivity index (χ0v) is 18.4. The molecule has 1 aliphatic heterocycles. The Kier molecular flexibility index (Phi) is 5.94. The van der Waals surface area contributed by atoms with E-state index in [4.69, 9.17) is 4.98 Å². The summed E-state index contributed by atoms with van der Waals surface area (Å²) in [6, 6.07) is 16.2. The first-order chi connectivity index (χ1) is 14.0. The van der Waals surface area contributed by atoms with Gasteiger partial charge in [-0.3, -0.25) is 10.2 Å². The van der Waals surface area contributed by atoms with Crippen molar-refractivity contribution in [3.05, 3.63) is 64.1 Å². The van der Waals surface area contributed by atoms with Crippen molar-refractivity contribution in [1.82, 2.24) is 15.4 Å². The van der Waals surface area contributed by atoms with E-state index >= 15 is 0 Å². The number of hydrogen-bond acceptors (Lipinski definition) is 3. The van der Waals surface area contributed by atoms with Gasteiger partial charge in [0.2, 0.25) is 0 Å². The summed E-state index contributed by atoms with van der Waals surface area (Å²) in [5, 5.41) is 2.88. The lowest BCUT2D eigenvalue weighted by Crippen LogP contribution is -3.12. The van der Waals surface area contributed by atoms with Crippen molar-refractivity contribution in [2.24, 2.45) is 0 Å². The summed E-state index contributed by atoms with van der Waals surface area (Å²) in [4.78, 5) is 19.5. The van der Waals surface area contributed by atoms with Crippen LogP contribution in [0.3, 0.4) is 0 Å². The van der Waals surface area contributed by atoms with Crippen molar-refractivity contribution in [3.63, 3.8) is 0 Å². The Labute approximate surface area is 179 Å². The van der Waals surface area contributed by atoms with Crippen LogP contribution in [0.25, 0.3) is 22.2 Å². The van der Waals surface area contributed by atoms with E-state index in [2.05, 4.69) is 59.6 Å². The molecule has 1 fully saturated rings. The molecule has 0 aliphatic carbocycles. The number of pyridine rings is 1. The van der Waals surface area contributed by atoms with Crippen LogP contribution in [0.5, 0.6) is 0 Å². The van der Waals surface area contributed by atoms with Gasteiger partial charge in [0.05, 0.1) is 50.0 Å². The Morgan fingerprint density at radius 1 is 1.14 bits per heavy atom. The fourth-order valence-electron chi connectivity index (χ4n) is 3.65. The largest absolute Gasteiger partial charge is 0.335 e. The molecule has 2 heterocycles. The maximum Gasteiger partial charge on any atom is 0.266 e. The molecule has 4 rings (SSSR count). The average molecular weight is 454 g/mol. The van der Waals surface area contributed by atoms with Crippen LogP contribution in [0.4, 0.5) is 0 Å². The second kappa shape index (κ2) is 8.61. The number of hydrazine groups is 1. The molecule has 1 amide bonds. The van der Waals surface area contributed by atoms with Gasteiger partial charge in [-0.1, -0.05) is 47.1 Å². The lowest BCUT2D eigenvalue weighted by atomic mass is 10.0. The van der Waals surface area contributed by atoms with Crippen LogP contribution in [-0.2, 0) is 6.42 Å². The van der Waals surface area contributed by atoms with Gasteiger partial charge in [0, 0.05) is 15.4 Å². The van der Waals surface area contributed by atoms with Crippen molar-refractivity contribution in [1.29, 1.82) is 0 Å². The van der Waals surface area contributed by atoms with Crippen LogP contribution in [0.1, 0.15) is 22.8 Å². The number of likely N-dealkylation sites (N-methyl/N-ethyl adjacent to an activating group) is 1. The third-order valence-corrected chi connectivity index (χ3v) is 6.04. The average Bonchev–Trinajstić information content (AvgIpc) is 2.74. The number of carbonyl (C=O) groups is 1. The molecule has 0 saturated carbocycles. The van der Waals surface area contributed by atoms with E-state index in [0.717, 1.165) is 59.2 Å². The van der Waals surface area contributed by atoms with Crippen molar-refractivity contribution in [2.75, 3.05) is 33.2 Å². The predicted molar refractivity (Wildman–Crippen MR) is 120 cm³/mol. The molecule has 29 heavy (non-hydrogen) atoms. The summed E-state index contributed by atoms with van der Waals surface area (Å²) in [5.41, 5.74) is 7.69. The van der Waals surface area contributed by atoms with Crippen LogP contribution >= 0.6 is 15.9 Å². The zero-order chi connectivity index (χ0) is 20.4. The first-order valence-electron chi connectivity index (χ1n) is 10.1. The van der Waals surface area contributed by atoms with Gasteiger partial charge in [0.25, 0.3) is 5.91 Å². The Morgan fingerprint density at radius 3 is 2.55 bits per heavy atom. The van der Waals surface area contributed by atoms with E-state index in [1.54, 1.807) is 0 Å². The minimum atomic E-state index is -0.0820. The molecular weight excluding hydrogens is 428 g/mol. The standard InChI is InChI=1S/C23H25BrN4O/c1-3-16-4-6-17(7-5-16)22-15-20(19-14-18(24)8-9-21(19)25-22)23(29)26-28-12-10-27(2)11-13-28/h4-9,14-15H,3,10-13H2,1-2H3,(H,26,29)/p+1. The smallest absolute Gasteiger partial charge is 0.266 e. The van der Waals surface area contributed by atoms with Crippen molar-refractivity contribution >= 4 is 32.7 Å². The lowest BCUT2D eigenvalue weighted by molar-refractivity contribution is -0.884. The van der Waals surface area contributed by atoms with Crippen LogP contribution < -0.4 is 10.3 Å². The lowest BCUT2D eigenvalue weighted by Gasteiger charge is -2.30. The minimum absolute atomic E-state index is 0.0820. The first kappa shape index (κ1) is 20.0. The van der Waals surface area contributed by atoms with E-state index in [1.807, 2.05) is 29.3 Å². The zero-order valence-electron chi connectivity index (χ0n) is 16.8. The molecule has 6 heteroatoms. The number of carbonyl (C=O) groups excluding carboxylic acids is 1. The Balaban J connectivity index is 1.72. The summed E-state index contributed by atoms with van der Waals surface area (Å²) in [5.74, 6) is -0.0820. The Morgan fingerprint density at radius 2 is 1.86 bits per heavy atom. The minimum Gasteiger partial charge on any atom is -0.335 e. The topological polar surface area (TPSA) is 49.7 Å². The third kappa shape index (κ3) is 4.50. The van der Waals surface area contributed by atoms with Gasteiger partial charge in [-0.15, -0.1) is 0 Å². The van der Waals surface area contributed by atoms with E-state index in [-0.39, 0.29) is 5.91 Å². The fourth-order valence-corrected chi connectivity index (χ4v) is 4.01. The molecule has 0 atom stereocenters. The first-order valence-corrected chi connectivity index (χ1v) is 10.9. The van der Waals surface area contributed by atoms with Crippen molar-refractivity contribution in [2.45, 2.75) is 13.3 Å². The van der Waals surface area contributed by atoms with E-state index in [1.165, 1.54) is 10.5 Å². The second-order valence-electron chi connectivity index (χ2n) is 7.65. The second-order valence-corrected chi connectivity index (χ2v) is 8.57. The SMILES string of the molecule is CCc1ccc(-c2cc(C(=O)NN3CC[NH+](C)CC3)c3cc(Br)ccc3n2)cc1. The number of hydrogen-bond donors (Lipinski definition) is 2. The van der Waals surface area contributed by atoms with E-state index in [9.17, 15) is 4.79 Å². The molecule has 2 N–H and O–H groups in total. The quantitative estimate of drug-likeness (QED) is 0.638. The number of fused-ring (bicyclic) bond motifs is 1. The normalized spacial score (nSPS) is 15.6. The molecule has 5 nitrogen and oxygen atoms in total. The highest BCUT2D eigenvalue weighted by Gasteiger charge is 2.21. The molecule has 1 aliphatic rings. The van der Waals surface area contributed by atoms with E-state index < -0.39 is 0 Å². The van der Waals surface area contributed by atoms with Crippen LogP contribution in [0.2, 0.25) is 0 Å². The maximum absolute atomic E-state index is 13.2. The van der Waals surface area contributed by atoms with Crippen molar-refractivity contribution < 1.29 is 9.69 Å². The molecule has 1 saturated heterocycles. The number of aromatic nitrogens is 1. The van der Waals surface area contributed by atoms with Gasteiger partial charge >= 0.3 is 0 Å². The summed E-state index contributed by atoms with van der Waals surface area (Å²) < 4.78 is 0.934. The summed E-state index contributed by atoms with van der Waals surface area (Å²) >= 11 is 3.53. The number of amides is 1. The van der Waals surface area contributed by atoms with Gasteiger partial charge < -0.3 is 4.90 Å². The molecule has 0 bridgehead atoms. The number of nitrogens with zero attached hydrogens (tertiary/aromatic N) is 2. The summed E-state index contributed by atoms with van der Waals surface area (Å²) in [7, 11) is 2.18. The number of nitrogens with one attached hydrogen (secondary N) is 2. The predicted octanol–water partition coefficient (Wildman–Crippen LogP) is 2.70. The summed E-state index contributed by atoms with van der Waals surface area (Å²) in [6.45, 7) is 5.91. The molecule has 0 radical (unpaired) electrons. The highest BCUT2D eigenvalue weighted by molar-refractivity contribution is 9.10. The van der Waals surface area contributed by atoms with Gasteiger partial charge in [-0.25, -0.2) is 9.99 Å². The monoisotopic (exact) mass is 453 g/mol. The number of piperazine rings is 1. The molecule has 150 valence electrons. The number of halogens is 1. The van der Waals surface area contributed by atoms with Gasteiger partial charge in [-0.2, -0.15) is 0 Å². The van der Waals surface area contributed by atoms with Gasteiger partial charge in [0.1, 0.15) is 0 Å². The number of benzene rings is 2. The highest BCUT2D eigenvalue weighted by atomic mass is 79.9. The number of rotatable bonds is 4. The molecular formula is C23H26BrN4O+. The highest BCUT2D eigenvalue weighted by Crippen LogP contribution is 2.27. The number of quaternary nitrogens is 1. The van der Waals surface area contributed by atoms with Crippen LogP contribution in [0, 0.1) is 0 Å². The van der Waals surface area contributed by atoms with Crippen LogP contribution in [-0.4, -0.2) is 49.1 Å². The summed E-state index contributed by atoms with van der Waals surface area (Å²) in [6.07, 6.45) is 1.000. The fraction of sp³-hybridized carbons (Fsp3) is 0.304. The van der Waals surface area contributed by atoms with Crippen LogP contribution in [0.15, 0.2) is 53.0 Å². The Bertz CT molecular complexity index is 1030. The maximum atomic E-state index is 13.2. The van der Waals surface area contributed by atoms with Crippen molar-refractivity contribution in [3.8, 4) is 11.3 Å². The molecule has 0 unspecified atom stereocenters.